The van der Waals surface area contributed by atoms with Crippen LogP contribution in [0.4, 0.5) is 0 Å². The van der Waals surface area contributed by atoms with Gasteiger partial charge in [0.15, 0.2) is 0 Å². The van der Waals surface area contributed by atoms with Crippen LogP contribution in [0.25, 0.3) is 0 Å². The lowest BCUT2D eigenvalue weighted by Gasteiger charge is -2.15. The number of rotatable bonds is 5. The molecule has 1 aliphatic carbocycles. The number of benzene rings is 1. The predicted molar refractivity (Wildman–Crippen MR) is 87.0 cm³/mol. The minimum atomic E-state index is 0. The number of halogens is 2. The Morgan fingerprint density at radius 2 is 2.24 bits per heavy atom. The molecule has 0 unspecified atom stereocenters. The number of amides is 1. The van der Waals surface area contributed by atoms with Crippen molar-refractivity contribution in [3.8, 4) is 5.75 Å². The van der Waals surface area contributed by atoms with Crippen LogP contribution >= 0.6 is 24.0 Å². The van der Waals surface area contributed by atoms with Gasteiger partial charge in [-0.1, -0.05) is 24.1 Å². The summed E-state index contributed by atoms with van der Waals surface area (Å²) in [7, 11) is 1.59. The van der Waals surface area contributed by atoms with Crippen LogP contribution in [0.15, 0.2) is 18.2 Å². The molecule has 0 saturated heterocycles. The summed E-state index contributed by atoms with van der Waals surface area (Å²) in [5.41, 5.74) is 6.90. The molecule has 1 saturated carbocycles. The zero-order valence-corrected chi connectivity index (χ0v) is 13.7. The molecule has 6 heteroatoms. The van der Waals surface area contributed by atoms with Crippen molar-refractivity contribution in [3.05, 3.63) is 28.8 Å². The smallest absolute Gasteiger partial charge is 0.220 e. The van der Waals surface area contributed by atoms with Crippen molar-refractivity contribution in [3.63, 3.8) is 0 Å². The maximum atomic E-state index is 12.0. The lowest BCUT2D eigenvalue weighted by molar-refractivity contribution is -0.122. The first kappa shape index (κ1) is 18.1. The van der Waals surface area contributed by atoms with E-state index in [-0.39, 0.29) is 24.4 Å². The summed E-state index contributed by atoms with van der Waals surface area (Å²) in [6, 6.07) is 5.57. The third-order valence-electron chi connectivity index (χ3n) is 3.89. The number of methoxy groups -OCH3 is 1. The van der Waals surface area contributed by atoms with E-state index in [1.165, 1.54) is 0 Å². The quantitative estimate of drug-likeness (QED) is 0.871. The highest BCUT2D eigenvalue weighted by Crippen LogP contribution is 2.27. The van der Waals surface area contributed by atoms with E-state index >= 15 is 0 Å². The highest BCUT2D eigenvalue weighted by Gasteiger charge is 2.25. The van der Waals surface area contributed by atoms with Crippen molar-refractivity contribution in [1.82, 2.24) is 5.32 Å². The fourth-order valence-electron chi connectivity index (χ4n) is 2.69. The van der Waals surface area contributed by atoms with E-state index in [4.69, 9.17) is 22.1 Å². The summed E-state index contributed by atoms with van der Waals surface area (Å²) in [5, 5.41) is 3.54. The lowest BCUT2D eigenvalue weighted by Crippen LogP contribution is -2.31. The van der Waals surface area contributed by atoms with Gasteiger partial charge >= 0.3 is 0 Å². The van der Waals surface area contributed by atoms with Gasteiger partial charge in [-0.05, 0) is 30.9 Å². The third kappa shape index (κ3) is 5.06. The maximum Gasteiger partial charge on any atom is 0.220 e. The largest absolute Gasteiger partial charge is 0.496 e. The Hall–Kier alpha value is -0.970. The predicted octanol–water partition coefficient (Wildman–Crippen LogP) is 2.90. The van der Waals surface area contributed by atoms with Crippen LogP contribution in [0.1, 0.15) is 31.2 Å². The van der Waals surface area contributed by atoms with Crippen LogP contribution in [-0.4, -0.2) is 19.1 Å². The Balaban J connectivity index is 0.00000220. The Bertz CT molecular complexity index is 483. The van der Waals surface area contributed by atoms with Gasteiger partial charge in [0.1, 0.15) is 5.75 Å². The molecule has 2 atom stereocenters. The van der Waals surface area contributed by atoms with Crippen molar-refractivity contribution in [1.29, 1.82) is 0 Å². The van der Waals surface area contributed by atoms with Crippen molar-refractivity contribution in [2.24, 2.45) is 11.7 Å². The number of nitrogens with one attached hydrogen (secondary N) is 1. The molecule has 0 bridgehead atoms. The van der Waals surface area contributed by atoms with Gasteiger partial charge in [0, 0.05) is 29.6 Å². The second-order valence-electron chi connectivity index (χ2n) is 5.29. The van der Waals surface area contributed by atoms with Gasteiger partial charge in [-0.15, -0.1) is 12.4 Å². The highest BCUT2D eigenvalue weighted by molar-refractivity contribution is 6.30. The van der Waals surface area contributed by atoms with Gasteiger partial charge in [0.25, 0.3) is 0 Å². The number of hydrogen-bond acceptors (Lipinski definition) is 3. The molecule has 0 radical (unpaired) electrons. The molecule has 21 heavy (non-hydrogen) atoms. The van der Waals surface area contributed by atoms with Gasteiger partial charge in [0.05, 0.1) is 7.11 Å². The van der Waals surface area contributed by atoms with Gasteiger partial charge in [-0.3, -0.25) is 4.79 Å². The summed E-state index contributed by atoms with van der Waals surface area (Å²) in [6.45, 7) is 0.446. The van der Waals surface area contributed by atoms with E-state index in [0.29, 0.717) is 29.7 Å². The molecular weight excluding hydrogens is 311 g/mol. The number of ether oxygens (including phenoxy) is 1. The van der Waals surface area contributed by atoms with Crippen LogP contribution < -0.4 is 15.8 Å². The molecule has 2 rings (SSSR count). The SMILES string of the molecule is COc1cc(Cl)ccc1CNC(=O)C[C@@H]1CCC[C@H]1N.Cl. The van der Waals surface area contributed by atoms with E-state index in [1.807, 2.05) is 6.07 Å². The Morgan fingerprint density at radius 3 is 2.86 bits per heavy atom. The third-order valence-corrected chi connectivity index (χ3v) is 4.13. The first-order valence-electron chi connectivity index (χ1n) is 6.95. The molecular formula is C15H22Cl2N2O2. The van der Waals surface area contributed by atoms with Crippen molar-refractivity contribution in [2.45, 2.75) is 38.3 Å². The van der Waals surface area contributed by atoms with Gasteiger partial charge in [-0.2, -0.15) is 0 Å². The highest BCUT2D eigenvalue weighted by atomic mass is 35.5. The Kier molecular flexibility index (Phi) is 7.29. The Labute approximate surface area is 136 Å². The molecule has 3 N–H and O–H groups in total. The molecule has 4 nitrogen and oxygen atoms in total. The summed E-state index contributed by atoms with van der Waals surface area (Å²) in [6.07, 6.45) is 3.73. The normalized spacial score (nSPS) is 20.7. The summed E-state index contributed by atoms with van der Waals surface area (Å²) >= 11 is 5.91. The number of nitrogens with two attached hydrogens (primary N) is 1. The molecule has 0 heterocycles. The minimum Gasteiger partial charge on any atom is -0.496 e. The van der Waals surface area contributed by atoms with Gasteiger partial charge in [-0.25, -0.2) is 0 Å². The molecule has 1 aromatic carbocycles. The van der Waals surface area contributed by atoms with E-state index < -0.39 is 0 Å². The number of carbonyl (C=O) groups is 1. The minimum absolute atomic E-state index is 0. The molecule has 0 spiro atoms. The molecule has 1 amide bonds. The van der Waals surface area contributed by atoms with E-state index in [0.717, 1.165) is 24.8 Å². The molecule has 118 valence electrons. The molecule has 1 fully saturated rings. The Morgan fingerprint density at radius 1 is 1.48 bits per heavy atom. The average Bonchev–Trinajstić information content (AvgIpc) is 2.82. The molecule has 0 aliphatic heterocycles. The molecule has 1 aromatic rings. The average molecular weight is 333 g/mol. The van der Waals surface area contributed by atoms with Crippen LogP contribution in [0, 0.1) is 5.92 Å². The van der Waals surface area contributed by atoms with Crippen LogP contribution in [0.2, 0.25) is 5.02 Å². The molecule has 1 aliphatic rings. The van der Waals surface area contributed by atoms with Crippen LogP contribution in [-0.2, 0) is 11.3 Å². The maximum absolute atomic E-state index is 12.0. The number of carbonyl (C=O) groups excluding carboxylic acids is 1. The molecule has 0 aromatic heterocycles. The first-order chi connectivity index (χ1) is 9.60. The van der Waals surface area contributed by atoms with Gasteiger partial charge in [0.2, 0.25) is 5.91 Å². The summed E-state index contributed by atoms with van der Waals surface area (Å²) in [5.74, 6) is 1.06. The second kappa shape index (κ2) is 8.47. The van der Waals surface area contributed by atoms with Crippen molar-refractivity contribution < 1.29 is 9.53 Å². The topological polar surface area (TPSA) is 64.3 Å². The standard InChI is InChI=1S/C15H21ClN2O2.ClH/c1-20-14-8-12(16)6-5-11(14)9-18-15(19)7-10-3-2-4-13(10)17;/h5-6,8,10,13H,2-4,7,9,17H2,1H3,(H,18,19);1H/t10-,13+;/m0./s1. The summed E-state index contributed by atoms with van der Waals surface area (Å²) < 4.78 is 5.25. The zero-order chi connectivity index (χ0) is 14.5. The number of hydrogen-bond donors (Lipinski definition) is 2. The van der Waals surface area contributed by atoms with Crippen LogP contribution in [0.3, 0.4) is 0 Å². The lowest BCUT2D eigenvalue weighted by atomic mass is 10.00. The fourth-order valence-corrected chi connectivity index (χ4v) is 2.85. The van der Waals surface area contributed by atoms with Crippen molar-refractivity contribution >= 4 is 29.9 Å². The van der Waals surface area contributed by atoms with E-state index in [1.54, 1.807) is 19.2 Å². The summed E-state index contributed by atoms with van der Waals surface area (Å²) in [4.78, 5) is 12.0. The van der Waals surface area contributed by atoms with Crippen molar-refractivity contribution in [2.75, 3.05) is 7.11 Å². The van der Waals surface area contributed by atoms with Gasteiger partial charge < -0.3 is 15.8 Å². The van der Waals surface area contributed by atoms with Crippen LogP contribution in [0.5, 0.6) is 5.75 Å². The van der Waals surface area contributed by atoms with E-state index in [9.17, 15) is 4.79 Å². The second-order valence-corrected chi connectivity index (χ2v) is 5.73. The first-order valence-corrected chi connectivity index (χ1v) is 7.32. The van der Waals surface area contributed by atoms with E-state index in [2.05, 4.69) is 5.32 Å². The zero-order valence-electron chi connectivity index (χ0n) is 12.1. The fraction of sp³-hybridized carbons (Fsp3) is 0.533. The monoisotopic (exact) mass is 332 g/mol.